The van der Waals surface area contributed by atoms with Gasteiger partial charge in [0.2, 0.25) is 0 Å². The van der Waals surface area contributed by atoms with Crippen LogP contribution in [-0.4, -0.2) is 14.8 Å². The highest BCUT2D eigenvalue weighted by Gasteiger charge is 2.20. The van der Waals surface area contributed by atoms with Gasteiger partial charge in [0.25, 0.3) is 0 Å². The van der Waals surface area contributed by atoms with Crippen molar-refractivity contribution < 1.29 is 0 Å². The number of rotatable bonds is 3. The van der Waals surface area contributed by atoms with Crippen molar-refractivity contribution in [2.45, 2.75) is 58.9 Å². The summed E-state index contributed by atoms with van der Waals surface area (Å²) >= 11 is 0. The lowest BCUT2D eigenvalue weighted by Gasteiger charge is -2.24. The Hall–Kier alpha value is -0.860. The summed E-state index contributed by atoms with van der Waals surface area (Å²) in [5, 5.41) is 8.22. The lowest BCUT2D eigenvalue weighted by molar-refractivity contribution is 0.370. The first kappa shape index (κ1) is 11.2. The second kappa shape index (κ2) is 4.11. The molecule has 1 heterocycles. The van der Waals surface area contributed by atoms with Crippen LogP contribution in [0.4, 0.5) is 0 Å². The summed E-state index contributed by atoms with van der Waals surface area (Å²) in [6.07, 6.45) is 4.20. The summed E-state index contributed by atoms with van der Waals surface area (Å²) in [7, 11) is 0. The van der Waals surface area contributed by atoms with E-state index < -0.39 is 0 Å². The second-order valence-corrected chi connectivity index (χ2v) is 4.92. The Kier molecular flexibility index (Phi) is 3.29. The summed E-state index contributed by atoms with van der Waals surface area (Å²) in [5.41, 5.74) is 0.0842. The van der Waals surface area contributed by atoms with Gasteiger partial charge in [-0.1, -0.05) is 20.3 Å². The van der Waals surface area contributed by atoms with Crippen molar-refractivity contribution in [3.8, 4) is 0 Å². The first-order chi connectivity index (χ1) is 6.46. The fourth-order valence-electron chi connectivity index (χ4n) is 1.66. The molecule has 80 valence electrons. The van der Waals surface area contributed by atoms with E-state index >= 15 is 0 Å². The SMILES string of the molecule is CCCC(C)c1nncn1C(C)(C)C. The van der Waals surface area contributed by atoms with E-state index in [1.54, 1.807) is 0 Å². The van der Waals surface area contributed by atoms with E-state index in [0.29, 0.717) is 5.92 Å². The molecule has 14 heavy (non-hydrogen) atoms. The maximum absolute atomic E-state index is 4.21. The molecule has 1 atom stereocenters. The Morgan fingerprint density at radius 3 is 2.57 bits per heavy atom. The maximum Gasteiger partial charge on any atom is 0.136 e. The molecular formula is C11H21N3. The van der Waals surface area contributed by atoms with Gasteiger partial charge in [-0.25, -0.2) is 0 Å². The quantitative estimate of drug-likeness (QED) is 0.742. The van der Waals surface area contributed by atoms with Crippen molar-refractivity contribution >= 4 is 0 Å². The van der Waals surface area contributed by atoms with Gasteiger partial charge in [0.1, 0.15) is 12.2 Å². The van der Waals surface area contributed by atoms with E-state index in [-0.39, 0.29) is 5.54 Å². The van der Waals surface area contributed by atoms with Crippen molar-refractivity contribution in [2.24, 2.45) is 0 Å². The van der Waals surface area contributed by atoms with Crippen LogP contribution in [0.2, 0.25) is 0 Å². The van der Waals surface area contributed by atoms with Crippen molar-refractivity contribution in [1.82, 2.24) is 14.8 Å². The largest absolute Gasteiger partial charge is 0.312 e. The molecule has 0 amide bonds. The summed E-state index contributed by atoms with van der Waals surface area (Å²) in [6, 6.07) is 0. The molecule has 0 saturated heterocycles. The molecule has 1 unspecified atom stereocenters. The number of aromatic nitrogens is 3. The topological polar surface area (TPSA) is 30.7 Å². The Bertz CT molecular complexity index is 283. The van der Waals surface area contributed by atoms with Gasteiger partial charge in [-0.15, -0.1) is 10.2 Å². The summed E-state index contributed by atoms with van der Waals surface area (Å²) < 4.78 is 2.17. The van der Waals surface area contributed by atoms with Crippen molar-refractivity contribution in [1.29, 1.82) is 0 Å². The van der Waals surface area contributed by atoms with Crippen molar-refractivity contribution in [3.05, 3.63) is 12.2 Å². The van der Waals surface area contributed by atoms with Gasteiger partial charge in [-0.2, -0.15) is 0 Å². The maximum atomic E-state index is 4.21. The summed E-state index contributed by atoms with van der Waals surface area (Å²) in [5.74, 6) is 1.61. The Labute approximate surface area is 86.5 Å². The minimum Gasteiger partial charge on any atom is -0.312 e. The highest BCUT2D eigenvalue weighted by molar-refractivity contribution is 4.98. The van der Waals surface area contributed by atoms with E-state index in [0.717, 1.165) is 5.82 Å². The molecule has 0 radical (unpaired) electrons. The van der Waals surface area contributed by atoms with Crippen LogP contribution in [0.25, 0.3) is 0 Å². The Morgan fingerprint density at radius 1 is 1.43 bits per heavy atom. The van der Waals surface area contributed by atoms with Crippen LogP contribution in [0.1, 0.15) is 59.2 Å². The van der Waals surface area contributed by atoms with Gasteiger partial charge in [0.05, 0.1) is 0 Å². The van der Waals surface area contributed by atoms with E-state index in [1.807, 2.05) is 6.33 Å². The van der Waals surface area contributed by atoms with E-state index in [2.05, 4.69) is 49.4 Å². The van der Waals surface area contributed by atoms with Gasteiger partial charge in [-0.05, 0) is 27.2 Å². The molecule has 0 aliphatic rings. The molecule has 0 N–H and O–H groups in total. The molecule has 0 aromatic carbocycles. The number of nitrogens with zero attached hydrogens (tertiary/aromatic N) is 3. The molecule has 0 spiro atoms. The highest BCUT2D eigenvalue weighted by atomic mass is 15.3. The molecule has 1 aromatic heterocycles. The summed E-state index contributed by atoms with van der Waals surface area (Å²) in [4.78, 5) is 0. The van der Waals surface area contributed by atoms with Crippen LogP contribution in [0.3, 0.4) is 0 Å². The third-order valence-corrected chi connectivity index (χ3v) is 2.46. The van der Waals surface area contributed by atoms with Crippen LogP contribution < -0.4 is 0 Å². The molecule has 3 heteroatoms. The minimum absolute atomic E-state index is 0.0842. The molecular weight excluding hydrogens is 174 g/mol. The molecule has 1 aromatic rings. The molecule has 3 nitrogen and oxygen atoms in total. The normalized spacial score (nSPS) is 14.4. The second-order valence-electron chi connectivity index (χ2n) is 4.92. The summed E-state index contributed by atoms with van der Waals surface area (Å²) in [6.45, 7) is 11.0. The van der Waals surface area contributed by atoms with Crippen LogP contribution >= 0.6 is 0 Å². The van der Waals surface area contributed by atoms with Crippen LogP contribution in [0, 0.1) is 0 Å². The standard InChI is InChI=1S/C11H21N3/c1-6-7-9(2)10-13-12-8-14(10)11(3,4)5/h8-9H,6-7H2,1-5H3. The van der Waals surface area contributed by atoms with Crippen molar-refractivity contribution in [2.75, 3.05) is 0 Å². The van der Waals surface area contributed by atoms with Crippen LogP contribution in [-0.2, 0) is 5.54 Å². The van der Waals surface area contributed by atoms with E-state index in [4.69, 9.17) is 0 Å². The molecule has 0 bridgehead atoms. The van der Waals surface area contributed by atoms with Gasteiger partial charge in [0.15, 0.2) is 0 Å². The van der Waals surface area contributed by atoms with Gasteiger partial charge in [-0.3, -0.25) is 0 Å². The van der Waals surface area contributed by atoms with Gasteiger partial charge >= 0.3 is 0 Å². The smallest absolute Gasteiger partial charge is 0.136 e. The predicted molar refractivity (Wildman–Crippen MR) is 58.3 cm³/mol. The Morgan fingerprint density at radius 2 is 2.07 bits per heavy atom. The van der Waals surface area contributed by atoms with Gasteiger partial charge < -0.3 is 4.57 Å². The first-order valence-electron chi connectivity index (χ1n) is 5.37. The fourth-order valence-corrected chi connectivity index (χ4v) is 1.66. The predicted octanol–water partition coefficient (Wildman–Crippen LogP) is 2.94. The van der Waals surface area contributed by atoms with E-state index in [9.17, 15) is 0 Å². The zero-order valence-electron chi connectivity index (χ0n) is 9.91. The van der Waals surface area contributed by atoms with E-state index in [1.165, 1.54) is 12.8 Å². The van der Waals surface area contributed by atoms with Crippen LogP contribution in [0.5, 0.6) is 0 Å². The number of hydrogen-bond acceptors (Lipinski definition) is 2. The van der Waals surface area contributed by atoms with Crippen molar-refractivity contribution in [3.63, 3.8) is 0 Å². The first-order valence-corrected chi connectivity index (χ1v) is 5.37. The lowest BCUT2D eigenvalue weighted by Crippen LogP contribution is -2.24. The zero-order valence-corrected chi connectivity index (χ0v) is 9.91. The molecule has 0 fully saturated rings. The third kappa shape index (κ3) is 2.34. The van der Waals surface area contributed by atoms with Crippen LogP contribution in [0.15, 0.2) is 6.33 Å². The van der Waals surface area contributed by atoms with Gasteiger partial charge in [0, 0.05) is 11.5 Å². The highest BCUT2D eigenvalue weighted by Crippen LogP contribution is 2.23. The third-order valence-electron chi connectivity index (χ3n) is 2.46. The zero-order chi connectivity index (χ0) is 10.8. The lowest BCUT2D eigenvalue weighted by atomic mass is 10.0. The monoisotopic (exact) mass is 195 g/mol. The molecule has 0 aliphatic heterocycles. The average molecular weight is 195 g/mol. The molecule has 1 rings (SSSR count). The molecule has 0 aliphatic carbocycles. The minimum atomic E-state index is 0.0842. The number of hydrogen-bond donors (Lipinski definition) is 0. The fraction of sp³-hybridized carbons (Fsp3) is 0.818. The molecule has 0 saturated carbocycles. The average Bonchev–Trinajstić information content (AvgIpc) is 2.50. The Balaban J connectivity index is 2.93.